The van der Waals surface area contributed by atoms with E-state index in [0.29, 0.717) is 24.1 Å². The number of sulfone groups is 1. The molecule has 96 valence electrons. The van der Waals surface area contributed by atoms with E-state index in [-0.39, 0.29) is 11.0 Å². The molecule has 1 aromatic heterocycles. The smallest absolute Gasteiger partial charge is 0.226 e. The van der Waals surface area contributed by atoms with Crippen LogP contribution < -0.4 is 5.32 Å². The van der Waals surface area contributed by atoms with Gasteiger partial charge < -0.3 is 5.32 Å². The molecule has 0 saturated carbocycles. The summed E-state index contributed by atoms with van der Waals surface area (Å²) < 4.78 is 23.1. The Labute approximate surface area is 102 Å². The molecular formula is C10H18N4O2S. The molecule has 0 aliphatic carbocycles. The monoisotopic (exact) mass is 258 g/mol. The Hall–Kier alpha value is -1.24. The first-order chi connectivity index (χ1) is 7.81. The number of hydrogen-bond acceptors (Lipinski definition) is 6. The summed E-state index contributed by atoms with van der Waals surface area (Å²) in [5.41, 5.74) is 0. The molecule has 1 heterocycles. The van der Waals surface area contributed by atoms with Gasteiger partial charge in [0.1, 0.15) is 11.6 Å². The highest BCUT2D eigenvalue weighted by Gasteiger charge is 2.15. The first kappa shape index (κ1) is 13.8. The normalized spacial score (nSPS) is 11.8. The second kappa shape index (κ2) is 5.39. The fourth-order valence-electron chi connectivity index (χ4n) is 1.24. The van der Waals surface area contributed by atoms with Crippen LogP contribution in [0, 0.1) is 13.8 Å². The minimum Gasteiger partial charge on any atom is -0.353 e. The third kappa shape index (κ3) is 4.26. The minimum atomic E-state index is -3.02. The van der Waals surface area contributed by atoms with Gasteiger partial charge in [0.05, 0.1) is 11.0 Å². The van der Waals surface area contributed by atoms with Crippen molar-refractivity contribution in [1.29, 1.82) is 0 Å². The average Bonchev–Trinajstić information content (AvgIpc) is 2.15. The number of nitrogens with zero attached hydrogens (tertiary/aromatic N) is 3. The molecule has 7 heteroatoms. The van der Waals surface area contributed by atoms with E-state index in [4.69, 9.17) is 0 Å². The molecule has 0 aromatic carbocycles. The van der Waals surface area contributed by atoms with Crippen molar-refractivity contribution < 1.29 is 8.42 Å². The van der Waals surface area contributed by atoms with E-state index in [1.807, 2.05) is 0 Å². The second-order valence-electron chi connectivity index (χ2n) is 4.10. The zero-order chi connectivity index (χ0) is 13.1. The number of anilines is 1. The Bertz CT molecular complexity index is 465. The van der Waals surface area contributed by atoms with Crippen LogP contribution in [-0.4, -0.2) is 40.9 Å². The average molecular weight is 258 g/mol. The summed E-state index contributed by atoms with van der Waals surface area (Å²) >= 11 is 0. The highest BCUT2D eigenvalue weighted by Crippen LogP contribution is 2.02. The van der Waals surface area contributed by atoms with Gasteiger partial charge in [-0.2, -0.15) is 9.97 Å². The van der Waals surface area contributed by atoms with E-state index < -0.39 is 9.84 Å². The summed E-state index contributed by atoms with van der Waals surface area (Å²) in [6.45, 7) is 7.19. The molecule has 1 N–H and O–H groups in total. The van der Waals surface area contributed by atoms with Gasteiger partial charge in [-0.05, 0) is 27.7 Å². The number of rotatable bonds is 5. The van der Waals surface area contributed by atoms with Crippen LogP contribution in [0.15, 0.2) is 0 Å². The molecule has 1 rings (SSSR count). The number of aromatic nitrogens is 3. The van der Waals surface area contributed by atoms with Gasteiger partial charge in [-0.1, -0.05) is 0 Å². The number of aryl methyl sites for hydroxylation is 2. The maximum Gasteiger partial charge on any atom is 0.226 e. The first-order valence-electron chi connectivity index (χ1n) is 5.46. The molecule has 0 atom stereocenters. The zero-order valence-electron chi connectivity index (χ0n) is 10.6. The SMILES string of the molecule is Cc1nc(C)nc(NCCS(=O)(=O)C(C)C)n1. The van der Waals surface area contributed by atoms with E-state index >= 15 is 0 Å². The molecule has 1 aromatic rings. The predicted molar refractivity (Wildman–Crippen MR) is 66.7 cm³/mol. The fourth-order valence-corrected chi connectivity index (χ4v) is 2.09. The maximum atomic E-state index is 11.6. The molecule has 0 aliphatic rings. The van der Waals surface area contributed by atoms with Crippen molar-refractivity contribution in [3.63, 3.8) is 0 Å². The van der Waals surface area contributed by atoms with E-state index in [1.165, 1.54) is 0 Å². The van der Waals surface area contributed by atoms with Crippen LogP contribution in [-0.2, 0) is 9.84 Å². The van der Waals surface area contributed by atoms with Crippen LogP contribution in [0.4, 0.5) is 5.95 Å². The molecule has 0 saturated heterocycles. The maximum absolute atomic E-state index is 11.6. The standard InChI is InChI=1S/C10H18N4O2S/c1-7(2)17(15,16)6-5-11-10-13-8(3)12-9(4)14-10/h7H,5-6H2,1-4H3,(H,11,12,13,14). The van der Waals surface area contributed by atoms with E-state index in [2.05, 4.69) is 20.3 Å². The third-order valence-corrected chi connectivity index (χ3v) is 4.46. The lowest BCUT2D eigenvalue weighted by atomic mass is 10.6. The lowest BCUT2D eigenvalue weighted by Gasteiger charge is -2.09. The largest absolute Gasteiger partial charge is 0.353 e. The first-order valence-corrected chi connectivity index (χ1v) is 7.17. The van der Waals surface area contributed by atoms with Crippen LogP contribution in [0.3, 0.4) is 0 Å². The van der Waals surface area contributed by atoms with Gasteiger partial charge in [-0.3, -0.25) is 0 Å². The third-order valence-electron chi connectivity index (χ3n) is 2.25. The fraction of sp³-hybridized carbons (Fsp3) is 0.700. The van der Waals surface area contributed by atoms with Crippen LogP contribution in [0.2, 0.25) is 0 Å². The quantitative estimate of drug-likeness (QED) is 0.837. The Morgan fingerprint density at radius 1 is 1.12 bits per heavy atom. The van der Waals surface area contributed by atoms with Gasteiger partial charge in [0.15, 0.2) is 9.84 Å². The molecule has 0 amide bonds. The lowest BCUT2D eigenvalue weighted by Crippen LogP contribution is -2.23. The van der Waals surface area contributed by atoms with Crippen molar-refractivity contribution in [2.24, 2.45) is 0 Å². The summed E-state index contributed by atoms with van der Waals surface area (Å²) in [7, 11) is -3.02. The Kier molecular flexibility index (Phi) is 4.39. The summed E-state index contributed by atoms with van der Waals surface area (Å²) in [6, 6.07) is 0. The highest BCUT2D eigenvalue weighted by molar-refractivity contribution is 7.92. The molecule has 17 heavy (non-hydrogen) atoms. The van der Waals surface area contributed by atoms with E-state index in [0.717, 1.165) is 0 Å². The van der Waals surface area contributed by atoms with Crippen molar-refractivity contribution >= 4 is 15.8 Å². The summed E-state index contributed by atoms with van der Waals surface area (Å²) in [4.78, 5) is 12.2. The van der Waals surface area contributed by atoms with Crippen molar-refractivity contribution in [3.05, 3.63) is 11.6 Å². The molecule has 0 fully saturated rings. The summed E-state index contributed by atoms with van der Waals surface area (Å²) in [5, 5.41) is 2.54. The van der Waals surface area contributed by atoms with E-state index in [1.54, 1.807) is 27.7 Å². The van der Waals surface area contributed by atoms with Crippen molar-refractivity contribution in [1.82, 2.24) is 15.0 Å². The molecule has 0 bridgehead atoms. The van der Waals surface area contributed by atoms with Crippen LogP contribution >= 0.6 is 0 Å². The van der Waals surface area contributed by atoms with Crippen LogP contribution in [0.25, 0.3) is 0 Å². The molecule has 6 nitrogen and oxygen atoms in total. The zero-order valence-corrected chi connectivity index (χ0v) is 11.4. The van der Waals surface area contributed by atoms with Gasteiger partial charge >= 0.3 is 0 Å². The van der Waals surface area contributed by atoms with Crippen LogP contribution in [0.1, 0.15) is 25.5 Å². The van der Waals surface area contributed by atoms with Gasteiger partial charge in [0, 0.05) is 6.54 Å². The molecule has 0 aliphatic heterocycles. The Balaban J connectivity index is 2.57. The number of hydrogen-bond donors (Lipinski definition) is 1. The Morgan fingerprint density at radius 3 is 2.12 bits per heavy atom. The van der Waals surface area contributed by atoms with Gasteiger partial charge in [0.2, 0.25) is 5.95 Å². The molecule has 0 radical (unpaired) electrons. The van der Waals surface area contributed by atoms with Crippen molar-refractivity contribution in [3.8, 4) is 0 Å². The van der Waals surface area contributed by atoms with E-state index in [9.17, 15) is 8.42 Å². The van der Waals surface area contributed by atoms with Crippen molar-refractivity contribution in [2.45, 2.75) is 32.9 Å². The second-order valence-corrected chi connectivity index (χ2v) is 6.77. The topological polar surface area (TPSA) is 84.8 Å². The van der Waals surface area contributed by atoms with Gasteiger partial charge in [-0.25, -0.2) is 13.4 Å². The van der Waals surface area contributed by atoms with Crippen molar-refractivity contribution in [2.75, 3.05) is 17.6 Å². The molecule has 0 unspecified atom stereocenters. The lowest BCUT2D eigenvalue weighted by molar-refractivity contribution is 0.587. The Morgan fingerprint density at radius 2 is 1.65 bits per heavy atom. The molecular weight excluding hydrogens is 240 g/mol. The minimum absolute atomic E-state index is 0.0778. The summed E-state index contributed by atoms with van der Waals surface area (Å²) in [6.07, 6.45) is 0. The predicted octanol–water partition coefficient (Wildman–Crippen LogP) is 0.724. The highest BCUT2D eigenvalue weighted by atomic mass is 32.2. The van der Waals surface area contributed by atoms with Gasteiger partial charge in [0.25, 0.3) is 0 Å². The molecule has 0 spiro atoms. The number of nitrogens with one attached hydrogen (secondary N) is 1. The van der Waals surface area contributed by atoms with Crippen LogP contribution in [0.5, 0.6) is 0 Å². The summed E-state index contributed by atoms with van der Waals surface area (Å²) in [5.74, 6) is 1.74. The van der Waals surface area contributed by atoms with Gasteiger partial charge in [-0.15, -0.1) is 0 Å².